The van der Waals surface area contributed by atoms with Crippen molar-refractivity contribution in [1.82, 2.24) is 4.98 Å². The molecule has 2 aromatic rings. The van der Waals surface area contributed by atoms with Crippen molar-refractivity contribution in [3.05, 3.63) is 20.8 Å². The number of fused-ring (bicyclic) bond motifs is 1. The molecule has 0 saturated carbocycles. The third-order valence-electron chi connectivity index (χ3n) is 2.88. The van der Waals surface area contributed by atoms with Crippen LogP contribution in [0.2, 0.25) is 0 Å². The normalized spacial score (nSPS) is 12.2. The SMILES string of the molecule is CC/C(C)=N\Nc1nc2cc(C)c(I)c(C)c2s1. The number of hydrazone groups is 1. The maximum Gasteiger partial charge on any atom is 0.204 e. The van der Waals surface area contributed by atoms with E-state index in [0.717, 1.165) is 22.8 Å². The molecule has 96 valence electrons. The Kier molecular flexibility index (Phi) is 4.21. The van der Waals surface area contributed by atoms with Gasteiger partial charge in [-0.15, -0.1) is 0 Å². The van der Waals surface area contributed by atoms with E-state index >= 15 is 0 Å². The van der Waals surface area contributed by atoms with Crippen LogP contribution in [-0.4, -0.2) is 10.7 Å². The Morgan fingerprint density at radius 2 is 2.22 bits per heavy atom. The molecule has 0 radical (unpaired) electrons. The number of anilines is 1. The molecule has 5 heteroatoms. The Morgan fingerprint density at radius 3 is 2.89 bits per heavy atom. The Morgan fingerprint density at radius 1 is 1.50 bits per heavy atom. The summed E-state index contributed by atoms with van der Waals surface area (Å²) in [6.45, 7) is 8.38. The van der Waals surface area contributed by atoms with Crippen LogP contribution in [0, 0.1) is 17.4 Å². The Hall–Kier alpha value is -0.690. The molecule has 3 nitrogen and oxygen atoms in total. The monoisotopic (exact) mass is 373 g/mol. The van der Waals surface area contributed by atoms with Crippen molar-refractivity contribution in [3.8, 4) is 0 Å². The standard InChI is InChI=1S/C13H16IN3S/c1-5-8(3)16-17-13-15-10-6-7(2)11(14)9(4)12(10)18-13/h6H,5H2,1-4H3,(H,15,17)/b16-8-. The van der Waals surface area contributed by atoms with Gasteiger partial charge in [0.05, 0.1) is 10.2 Å². The fraction of sp³-hybridized carbons (Fsp3) is 0.385. The van der Waals surface area contributed by atoms with E-state index in [9.17, 15) is 0 Å². The highest BCUT2D eigenvalue weighted by atomic mass is 127. The molecular weight excluding hydrogens is 357 g/mol. The number of hydrogen-bond acceptors (Lipinski definition) is 4. The van der Waals surface area contributed by atoms with E-state index < -0.39 is 0 Å². The molecule has 0 unspecified atom stereocenters. The van der Waals surface area contributed by atoms with Gasteiger partial charge in [0.25, 0.3) is 0 Å². The van der Waals surface area contributed by atoms with E-state index in [1.54, 1.807) is 11.3 Å². The van der Waals surface area contributed by atoms with Crippen molar-refractivity contribution < 1.29 is 0 Å². The van der Waals surface area contributed by atoms with E-state index in [0.29, 0.717) is 0 Å². The summed E-state index contributed by atoms with van der Waals surface area (Å²) in [4.78, 5) is 4.58. The van der Waals surface area contributed by atoms with Crippen molar-refractivity contribution in [3.63, 3.8) is 0 Å². The maximum atomic E-state index is 4.58. The summed E-state index contributed by atoms with van der Waals surface area (Å²) in [5, 5.41) is 5.16. The maximum absolute atomic E-state index is 4.58. The van der Waals surface area contributed by atoms with Crippen LogP contribution in [0.3, 0.4) is 0 Å². The molecular formula is C13H16IN3S. The fourth-order valence-electron chi connectivity index (χ4n) is 1.63. The zero-order chi connectivity index (χ0) is 13.3. The summed E-state index contributed by atoms with van der Waals surface area (Å²) in [5.74, 6) is 0. The van der Waals surface area contributed by atoms with Crippen molar-refractivity contribution in [2.24, 2.45) is 5.10 Å². The molecule has 18 heavy (non-hydrogen) atoms. The Balaban J connectivity index is 2.42. The van der Waals surface area contributed by atoms with Gasteiger partial charge in [-0.25, -0.2) is 4.98 Å². The second-order valence-electron chi connectivity index (χ2n) is 4.31. The average molecular weight is 373 g/mol. The smallest absolute Gasteiger partial charge is 0.204 e. The number of aryl methyl sites for hydroxylation is 2. The third-order valence-corrected chi connectivity index (χ3v) is 5.63. The number of nitrogens with one attached hydrogen (secondary N) is 1. The largest absolute Gasteiger partial charge is 0.253 e. The van der Waals surface area contributed by atoms with Crippen LogP contribution in [0.25, 0.3) is 10.2 Å². The molecule has 1 N–H and O–H groups in total. The lowest BCUT2D eigenvalue weighted by Crippen LogP contribution is -1.94. The van der Waals surface area contributed by atoms with Gasteiger partial charge < -0.3 is 0 Å². The second kappa shape index (κ2) is 5.52. The molecule has 2 rings (SSSR count). The highest BCUT2D eigenvalue weighted by Gasteiger charge is 2.10. The second-order valence-corrected chi connectivity index (χ2v) is 6.39. The minimum absolute atomic E-state index is 0.863. The van der Waals surface area contributed by atoms with Gasteiger partial charge in [-0.2, -0.15) is 5.10 Å². The van der Waals surface area contributed by atoms with Crippen LogP contribution >= 0.6 is 33.9 Å². The number of nitrogens with zero attached hydrogens (tertiary/aromatic N) is 2. The number of thiazole rings is 1. The van der Waals surface area contributed by atoms with Crippen LogP contribution in [-0.2, 0) is 0 Å². The Labute approximate surface area is 125 Å². The molecule has 0 aliphatic heterocycles. The first-order valence-electron chi connectivity index (χ1n) is 5.88. The minimum Gasteiger partial charge on any atom is -0.253 e. The van der Waals surface area contributed by atoms with E-state index in [4.69, 9.17) is 0 Å². The number of halogens is 1. The fourth-order valence-corrected chi connectivity index (χ4v) is 3.13. The lowest BCUT2D eigenvalue weighted by Gasteiger charge is -2.02. The average Bonchev–Trinajstić information content (AvgIpc) is 2.76. The van der Waals surface area contributed by atoms with Crippen LogP contribution in [0.15, 0.2) is 11.2 Å². The van der Waals surface area contributed by atoms with Gasteiger partial charge >= 0.3 is 0 Å². The van der Waals surface area contributed by atoms with E-state index in [1.807, 2.05) is 6.92 Å². The van der Waals surface area contributed by atoms with Gasteiger partial charge in [-0.3, -0.25) is 5.43 Å². The van der Waals surface area contributed by atoms with E-state index in [2.05, 4.69) is 64.9 Å². The van der Waals surface area contributed by atoms with Gasteiger partial charge in [0.15, 0.2) is 0 Å². The van der Waals surface area contributed by atoms with E-state index in [1.165, 1.54) is 19.4 Å². The first-order valence-corrected chi connectivity index (χ1v) is 7.77. The molecule has 1 aromatic carbocycles. The molecule has 1 heterocycles. The van der Waals surface area contributed by atoms with Gasteiger partial charge in [-0.1, -0.05) is 18.3 Å². The highest BCUT2D eigenvalue weighted by Crippen LogP contribution is 2.33. The molecule has 0 fully saturated rings. The number of benzene rings is 1. The third kappa shape index (κ3) is 2.66. The summed E-state index contributed by atoms with van der Waals surface area (Å²) < 4.78 is 2.57. The molecule has 1 aromatic heterocycles. The van der Waals surface area contributed by atoms with Gasteiger partial charge in [-0.05, 0) is 67.0 Å². The van der Waals surface area contributed by atoms with Gasteiger partial charge in [0.1, 0.15) is 0 Å². The molecule has 0 aliphatic rings. The topological polar surface area (TPSA) is 37.3 Å². The lowest BCUT2D eigenvalue weighted by molar-refractivity contribution is 1.20. The lowest BCUT2D eigenvalue weighted by atomic mass is 10.1. The molecule has 0 spiro atoms. The summed E-state index contributed by atoms with van der Waals surface area (Å²) in [5.41, 5.74) is 7.78. The van der Waals surface area contributed by atoms with E-state index in [-0.39, 0.29) is 0 Å². The Bertz CT molecular complexity index is 616. The number of hydrogen-bond donors (Lipinski definition) is 1. The van der Waals surface area contributed by atoms with Crippen molar-refractivity contribution >= 4 is 55.0 Å². The summed E-state index contributed by atoms with van der Waals surface area (Å²) in [7, 11) is 0. The zero-order valence-corrected chi connectivity index (χ0v) is 13.9. The minimum atomic E-state index is 0.863. The zero-order valence-electron chi connectivity index (χ0n) is 11.0. The van der Waals surface area contributed by atoms with Gasteiger partial charge in [0.2, 0.25) is 5.13 Å². The predicted octanol–water partition coefficient (Wildman–Crippen LogP) is 4.72. The number of rotatable bonds is 3. The van der Waals surface area contributed by atoms with Crippen molar-refractivity contribution in [2.75, 3.05) is 5.43 Å². The molecule has 0 aliphatic carbocycles. The molecule has 0 bridgehead atoms. The van der Waals surface area contributed by atoms with Crippen LogP contribution in [0.5, 0.6) is 0 Å². The highest BCUT2D eigenvalue weighted by molar-refractivity contribution is 14.1. The molecule has 0 atom stereocenters. The van der Waals surface area contributed by atoms with Crippen LogP contribution in [0.1, 0.15) is 31.4 Å². The summed E-state index contributed by atoms with van der Waals surface area (Å²) in [6.07, 6.45) is 0.952. The van der Waals surface area contributed by atoms with Crippen LogP contribution < -0.4 is 5.43 Å². The van der Waals surface area contributed by atoms with Gasteiger partial charge in [0, 0.05) is 9.28 Å². The first-order chi connectivity index (χ1) is 8.52. The number of aromatic nitrogens is 1. The molecule has 0 saturated heterocycles. The summed E-state index contributed by atoms with van der Waals surface area (Å²) in [6, 6.07) is 2.14. The predicted molar refractivity (Wildman–Crippen MR) is 88.8 cm³/mol. The summed E-state index contributed by atoms with van der Waals surface area (Å²) >= 11 is 4.06. The van der Waals surface area contributed by atoms with Crippen LogP contribution in [0.4, 0.5) is 5.13 Å². The molecule has 0 amide bonds. The van der Waals surface area contributed by atoms with Crippen molar-refractivity contribution in [1.29, 1.82) is 0 Å². The quantitative estimate of drug-likeness (QED) is 0.480. The first kappa shape index (κ1) is 13.7. The van der Waals surface area contributed by atoms with Crippen molar-refractivity contribution in [2.45, 2.75) is 34.1 Å².